The summed E-state index contributed by atoms with van der Waals surface area (Å²) in [7, 11) is 0.625. The van der Waals surface area contributed by atoms with Gasteiger partial charge in [-0.05, 0) is 24.1 Å². The second kappa shape index (κ2) is 8.87. The van der Waals surface area contributed by atoms with Crippen LogP contribution in [0.25, 0.3) is 0 Å². The lowest BCUT2D eigenvalue weighted by Gasteiger charge is -2.11. The molecule has 0 aliphatic carbocycles. The second-order valence-corrected chi connectivity index (χ2v) is 6.60. The first-order valence-electron chi connectivity index (χ1n) is 6.71. The molecule has 5 heteroatoms. The minimum atomic E-state index is -0.773. The Morgan fingerprint density at radius 1 is 1.35 bits per heavy atom. The lowest BCUT2D eigenvalue weighted by molar-refractivity contribution is -0.139. The van der Waals surface area contributed by atoms with E-state index >= 15 is 0 Å². The van der Waals surface area contributed by atoms with Crippen LogP contribution in [0.15, 0.2) is 24.3 Å². The van der Waals surface area contributed by atoms with Gasteiger partial charge in [-0.1, -0.05) is 31.2 Å². The van der Waals surface area contributed by atoms with Gasteiger partial charge in [0.15, 0.2) is 0 Å². The molecule has 0 amide bonds. The van der Waals surface area contributed by atoms with Crippen molar-refractivity contribution in [3.8, 4) is 0 Å². The highest BCUT2D eigenvalue weighted by Crippen LogP contribution is 2.10. The summed E-state index contributed by atoms with van der Waals surface area (Å²) < 4.78 is 15.9. The van der Waals surface area contributed by atoms with Gasteiger partial charge in [0.05, 0.1) is 13.5 Å². The second-order valence-electron chi connectivity index (χ2n) is 4.80. The number of rotatable bonds is 8. The Kier molecular flexibility index (Phi) is 7.47. The number of nitrogens with one attached hydrogen (secondary N) is 1. The molecule has 2 unspecified atom stereocenters. The number of carbonyl (C=O) groups is 1. The van der Waals surface area contributed by atoms with Crippen LogP contribution in [0.2, 0.25) is 0 Å². The van der Waals surface area contributed by atoms with E-state index in [-0.39, 0.29) is 11.2 Å². The van der Waals surface area contributed by atoms with Gasteiger partial charge in [0.1, 0.15) is 0 Å². The van der Waals surface area contributed by atoms with Gasteiger partial charge < -0.3 is 10.1 Å². The van der Waals surface area contributed by atoms with Crippen LogP contribution in [0.4, 0.5) is 0 Å². The predicted molar refractivity (Wildman–Crippen MR) is 82.0 cm³/mol. The number of hydrogen-bond donors (Lipinski definition) is 1. The Morgan fingerprint density at radius 3 is 2.60 bits per heavy atom. The van der Waals surface area contributed by atoms with E-state index in [1.165, 1.54) is 7.11 Å². The largest absolute Gasteiger partial charge is 0.469 e. The van der Waals surface area contributed by atoms with Gasteiger partial charge >= 0.3 is 5.97 Å². The van der Waals surface area contributed by atoms with Crippen LogP contribution in [-0.2, 0) is 33.3 Å². The molecule has 0 aromatic heterocycles. The highest BCUT2D eigenvalue weighted by atomic mass is 32.2. The maximum Gasteiger partial charge on any atom is 0.309 e. The van der Waals surface area contributed by atoms with Gasteiger partial charge in [-0.15, -0.1) is 0 Å². The lowest BCUT2D eigenvalue weighted by atomic mass is 10.0. The Labute approximate surface area is 123 Å². The first-order chi connectivity index (χ1) is 9.54. The van der Waals surface area contributed by atoms with Crippen molar-refractivity contribution in [1.29, 1.82) is 0 Å². The molecular formula is C15H23NO3S. The predicted octanol–water partition coefficient (Wildman–Crippen LogP) is 1.65. The molecular weight excluding hydrogens is 274 g/mol. The SMILES string of the molecule is COC(=O)Cc1ccccc1CNCCC(C)S(C)=O. The molecule has 0 aliphatic heterocycles. The van der Waals surface area contributed by atoms with Gasteiger partial charge in [-0.3, -0.25) is 9.00 Å². The maximum atomic E-state index is 11.4. The highest BCUT2D eigenvalue weighted by Gasteiger charge is 2.08. The fourth-order valence-corrected chi connectivity index (χ4v) is 2.27. The first kappa shape index (κ1) is 16.9. The van der Waals surface area contributed by atoms with Crippen LogP contribution in [0, 0.1) is 0 Å². The van der Waals surface area contributed by atoms with Crippen molar-refractivity contribution in [3.05, 3.63) is 35.4 Å². The third kappa shape index (κ3) is 5.84. The molecule has 0 spiro atoms. The summed E-state index contributed by atoms with van der Waals surface area (Å²) in [5.74, 6) is -0.229. The van der Waals surface area contributed by atoms with Gasteiger partial charge in [-0.2, -0.15) is 0 Å². The van der Waals surface area contributed by atoms with Crippen LogP contribution in [-0.4, -0.2) is 35.3 Å². The van der Waals surface area contributed by atoms with E-state index in [9.17, 15) is 9.00 Å². The number of methoxy groups -OCH3 is 1. The van der Waals surface area contributed by atoms with Crippen molar-refractivity contribution in [2.45, 2.75) is 31.6 Å². The summed E-state index contributed by atoms with van der Waals surface area (Å²) in [6, 6.07) is 7.83. The van der Waals surface area contributed by atoms with Crippen LogP contribution in [0.5, 0.6) is 0 Å². The average molecular weight is 297 g/mol. The minimum absolute atomic E-state index is 0.202. The Balaban J connectivity index is 2.47. The molecule has 0 radical (unpaired) electrons. The van der Waals surface area contributed by atoms with Gasteiger partial charge in [-0.25, -0.2) is 0 Å². The van der Waals surface area contributed by atoms with E-state index in [4.69, 9.17) is 4.74 Å². The average Bonchev–Trinajstić information content (AvgIpc) is 2.44. The molecule has 20 heavy (non-hydrogen) atoms. The van der Waals surface area contributed by atoms with Crippen molar-refractivity contribution in [3.63, 3.8) is 0 Å². The molecule has 4 nitrogen and oxygen atoms in total. The Bertz CT molecular complexity index is 462. The number of esters is 1. The molecule has 2 atom stereocenters. The molecule has 112 valence electrons. The Hall–Kier alpha value is -1.20. The smallest absolute Gasteiger partial charge is 0.309 e. The van der Waals surface area contributed by atoms with Gasteiger partial charge in [0.25, 0.3) is 0 Å². The summed E-state index contributed by atoms with van der Waals surface area (Å²) in [6.07, 6.45) is 2.91. The quantitative estimate of drug-likeness (QED) is 0.585. The van der Waals surface area contributed by atoms with E-state index < -0.39 is 10.8 Å². The fraction of sp³-hybridized carbons (Fsp3) is 0.533. The van der Waals surface area contributed by atoms with Crippen molar-refractivity contribution in [2.75, 3.05) is 19.9 Å². The third-order valence-corrected chi connectivity index (χ3v) is 4.66. The molecule has 1 aromatic carbocycles. The number of ether oxygens (including phenoxy) is 1. The molecule has 0 fully saturated rings. The first-order valence-corrected chi connectivity index (χ1v) is 8.33. The third-order valence-electron chi connectivity index (χ3n) is 3.29. The Morgan fingerprint density at radius 2 is 2.00 bits per heavy atom. The van der Waals surface area contributed by atoms with Crippen LogP contribution < -0.4 is 5.32 Å². The van der Waals surface area contributed by atoms with Crippen LogP contribution in [0.3, 0.4) is 0 Å². The maximum absolute atomic E-state index is 11.4. The van der Waals surface area contributed by atoms with Crippen molar-refractivity contribution < 1.29 is 13.7 Å². The van der Waals surface area contributed by atoms with E-state index in [0.29, 0.717) is 13.0 Å². The summed E-state index contributed by atoms with van der Waals surface area (Å²) in [6.45, 7) is 3.51. The topological polar surface area (TPSA) is 55.4 Å². The molecule has 0 saturated carbocycles. The van der Waals surface area contributed by atoms with Crippen molar-refractivity contribution in [2.24, 2.45) is 0 Å². The molecule has 0 heterocycles. The molecule has 0 aliphatic rings. The van der Waals surface area contributed by atoms with Crippen molar-refractivity contribution in [1.82, 2.24) is 5.32 Å². The highest BCUT2D eigenvalue weighted by molar-refractivity contribution is 7.84. The van der Waals surface area contributed by atoms with Gasteiger partial charge in [0.2, 0.25) is 0 Å². The number of carbonyl (C=O) groups excluding carboxylic acids is 1. The monoisotopic (exact) mass is 297 g/mol. The van der Waals surface area contributed by atoms with E-state index in [1.54, 1.807) is 6.26 Å². The van der Waals surface area contributed by atoms with Gasteiger partial charge in [0, 0.05) is 28.9 Å². The van der Waals surface area contributed by atoms with E-state index in [1.807, 2.05) is 31.2 Å². The molecule has 0 bridgehead atoms. The molecule has 1 N–H and O–H groups in total. The number of benzene rings is 1. The molecule has 1 rings (SSSR count). The normalized spacial score (nSPS) is 13.8. The van der Waals surface area contributed by atoms with Crippen molar-refractivity contribution >= 4 is 16.8 Å². The van der Waals surface area contributed by atoms with E-state index in [0.717, 1.165) is 24.1 Å². The zero-order valence-corrected chi connectivity index (χ0v) is 13.2. The van der Waals surface area contributed by atoms with Crippen LogP contribution in [0.1, 0.15) is 24.5 Å². The minimum Gasteiger partial charge on any atom is -0.469 e. The standard InChI is InChI=1S/C15H23NO3S/c1-12(20(3)18)8-9-16-11-14-7-5-4-6-13(14)10-15(17)19-2/h4-7,12,16H,8-11H2,1-3H3. The summed E-state index contributed by atoms with van der Waals surface area (Å²) >= 11 is 0. The van der Waals surface area contributed by atoms with E-state index in [2.05, 4.69) is 5.32 Å². The fourth-order valence-electron chi connectivity index (χ4n) is 1.82. The summed E-state index contributed by atoms with van der Waals surface area (Å²) in [5, 5.41) is 3.53. The number of hydrogen-bond acceptors (Lipinski definition) is 4. The molecule has 0 saturated heterocycles. The zero-order chi connectivity index (χ0) is 15.0. The summed E-state index contributed by atoms with van der Waals surface area (Å²) in [5.41, 5.74) is 2.09. The zero-order valence-electron chi connectivity index (χ0n) is 12.3. The lowest BCUT2D eigenvalue weighted by Crippen LogP contribution is -2.21. The molecule has 1 aromatic rings. The summed E-state index contributed by atoms with van der Waals surface area (Å²) in [4.78, 5) is 11.4. The van der Waals surface area contributed by atoms with Crippen LogP contribution >= 0.6 is 0 Å².